The third-order valence-corrected chi connectivity index (χ3v) is 3.17. The zero-order valence-corrected chi connectivity index (χ0v) is 10.2. The number of hydrogen-bond acceptors (Lipinski definition) is 2. The first-order valence-electron chi connectivity index (χ1n) is 6.23. The molecule has 2 amide bonds. The Hall–Kier alpha value is -1.06. The van der Waals surface area contributed by atoms with Crippen LogP contribution >= 0.6 is 0 Å². The van der Waals surface area contributed by atoms with E-state index in [1.54, 1.807) is 0 Å². The van der Waals surface area contributed by atoms with Crippen LogP contribution in [0.5, 0.6) is 0 Å². The molecule has 4 heteroatoms. The zero-order valence-electron chi connectivity index (χ0n) is 10.2. The monoisotopic (exact) mass is 226 g/mol. The van der Waals surface area contributed by atoms with E-state index in [9.17, 15) is 9.59 Å². The summed E-state index contributed by atoms with van der Waals surface area (Å²) in [5.74, 6) is -0.497. The molecule has 1 aliphatic carbocycles. The average Bonchev–Trinajstić information content (AvgIpc) is 2.28. The lowest BCUT2D eigenvalue weighted by atomic mass is 9.86. The minimum Gasteiger partial charge on any atom is -0.348 e. The van der Waals surface area contributed by atoms with Gasteiger partial charge in [-0.15, -0.1) is 0 Å². The van der Waals surface area contributed by atoms with E-state index in [1.165, 1.54) is 6.42 Å². The number of rotatable bonds is 3. The fourth-order valence-corrected chi connectivity index (χ4v) is 2.08. The molecule has 0 radical (unpaired) electrons. The van der Waals surface area contributed by atoms with Crippen LogP contribution in [0.2, 0.25) is 0 Å². The van der Waals surface area contributed by atoms with Gasteiger partial charge in [-0.25, -0.2) is 0 Å². The van der Waals surface area contributed by atoms with Crippen LogP contribution < -0.4 is 10.6 Å². The van der Waals surface area contributed by atoms with Gasteiger partial charge in [-0.2, -0.15) is 0 Å². The van der Waals surface area contributed by atoms with Crippen molar-refractivity contribution in [3.8, 4) is 0 Å². The second-order valence-electron chi connectivity index (χ2n) is 4.60. The summed E-state index contributed by atoms with van der Waals surface area (Å²) >= 11 is 0. The Morgan fingerprint density at radius 1 is 1.19 bits per heavy atom. The van der Waals surface area contributed by atoms with Crippen LogP contribution in [0.4, 0.5) is 0 Å². The molecular formula is C12H22N2O2. The van der Waals surface area contributed by atoms with Crippen LogP contribution in [-0.2, 0) is 9.59 Å². The van der Waals surface area contributed by atoms with Crippen LogP contribution in [0, 0.1) is 5.92 Å². The Balaban J connectivity index is 2.34. The molecule has 1 aliphatic rings. The van der Waals surface area contributed by atoms with Gasteiger partial charge in [-0.1, -0.05) is 26.7 Å². The molecule has 1 rings (SSSR count). The highest BCUT2D eigenvalue weighted by Crippen LogP contribution is 2.23. The van der Waals surface area contributed by atoms with Gasteiger partial charge >= 0.3 is 11.8 Å². The molecule has 1 fully saturated rings. The van der Waals surface area contributed by atoms with Gasteiger partial charge < -0.3 is 10.6 Å². The van der Waals surface area contributed by atoms with Gasteiger partial charge in [0.05, 0.1) is 0 Å². The van der Waals surface area contributed by atoms with E-state index >= 15 is 0 Å². The molecule has 2 atom stereocenters. The first kappa shape index (κ1) is 13.0. The summed E-state index contributed by atoms with van der Waals surface area (Å²) in [4.78, 5) is 22.9. The minimum atomic E-state index is -0.500. The van der Waals surface area contributed by atoms with Crippen LogP contribution in [0.15, 0.2) is 0 Å². The van der Waals surface area contributed by atoms with Crippen molar-refractivity contribution in [2.45, 2.75) is 52.0 Å². The second-order valence-corrected chi connectivity index (χ2v) is 4.60. The molecule has 92 valence electrons. The Kier molecular flexibility index (Phi) is 5.29. The molecule has 0 heterocycles. The number of hydrogen-bond donors (Lipinski definition) is 2. The van der Waals surface area contributed by atoms with E-state index in [4.69, 9.17) is 0 Å². The molecule has 2 N–H and O–H groups in total. The summed E-state index contributed by atoms with van der Waals surface area (Å²) in [5.41, 5.74) is 0. The summed E-state index contributed by atoms with van der Waals surface area (Å²) in [6, 6.07) is 0.175. The van der Waals surface area contributed by atoms with E-state index in [1.807, 2.05) is 6.92 Å². The van der Waals surface area contributed by atoms with Crippen molar-refractivity contribution in [1.82, 2.24) is 10.6 Å². The molecule has 0 aromatic rings. The predicted molar refractivity (Wildman–Crippen MR) is 62.9 cm³/mol. The van der Waals surface area contributed by atoms with Crippen LogP contribution in [0.25, 0.3) is 0 Å². The SMILES string of the molecule is CCCNC(=O)C(=O)N[C@H]1CCCC[C@H]1C. The van der Waals surface area contributed by atoms with Crippen molar-refractivity contribution in [3.63, 3.8) is 0 Å². The van der Waals surface area contributed by atoms with Crippen LogP contribution in [0.3, 0.4) is 0 Å². The fraction of sp³-hybridized carbons (Fsp3) is 0.833. The standard InChI is InChI=1S/C12H22N2O2/c1-3-8-13-11(15)12(16)14-10-7-5-4-6-9(10)2/h9-10H,3-8H2,1-2H3,(H,13,15)(H,14,16)/t9-,10+/m1/s1. The van der Waals surface area contributed by atoms with Crippen molar-refractivity contribution >= 4 is 11.8 Å². The maximum absolute atomic E-state index is 11.5. The van der Waals surface area contributed by atoms with E-state index in [-0.39, 0.29) is 6.04 Å². The van der Waals surface area contributed by atoms with Crippen molar-refractivity contribution in [1.29, 1.82) is 0 Å². The topological polar surface area (TPSA) is 58.2 Å². The molecule has 0 aliphatic heterocycles. The van der Waals surface area contributed by atoms with Gasteiger partial charge in [0.15, 0.2) is 0 Å². The van der Waals surface area contributed by atoms with E-state index in [0.29, 0.717) is 12.5 Å². The zero-order chi connectivity index (χ0) is 12.0. The molecule has 1 saturated carbocycles. The average molecular weight is 226 g/mol. The van der Waals surface area contributed by atoms with Crippen LogP contribution in [0.1, 0.15) is 46.0 Å². The lowest BCUT2D eigenvalue weighted by Crippen LogP contribution is -2.47. The highest BCUT2D eigenvalue weighted by Gasteiger charge is 2.24. The highest BCUT2D eigenvalue weighted by molar-refractivity contribution is 6.35. The highest BCUT2D eigenvalue weighted by atomic mass is 16.2. The fourth-order valence-electron chi connectivity index (χ4n) is 2.08. The number of carbonyl (C=O) groups excluding carboxylic acids is 2. The second kappa shape index (κ2) is 6.51. The van der Waals surface area contributed by atoms with Crippen molar-refractivity contribution in [2.75, 3.05) is 6.54 Å². The van der Waals surface area contributed by atoms with Crippen molar-refractivity contribution in [3.05, 3.63) is 0 Å². The van der Waals surface area contributed by atoms with Crippen LogP contribution in [-0.4, -0.2) is 24.4 Å². The van der Waals surface area contributed by atoms with Gasteiger partial charge in [0.1, 0.15) is 0 Å². The molecule has 16 heavy (non-hydrogen) atoms. The molecule has 0 saturated heterocycles. The lowest BCUT2D eigenvalue weighted by molar-refractivity contribution is -0.139. The molecule has 0 spiro atoms. The minimum absolute atomic E-state index is 0.175. The van der Waals surface area contributed by atoms with E-state index in [2.05, 4.69) is 17.6 Å². The van der Waals surface area contributed by atoms with Gasteiger partial charge in [0.25, 0.3) is 0 Å². The Bertz CT molecular complexity index is 253. The van der Waals surface area contributed by atoms with E-state index < -0.39 is 11.8 Å². The Morgan fingerprint density at radius 3 is 2.50 bits per heavy atom. The number of nitrogens with one attached hydrogen (secondary N) is 2. The van der Waals surface area contributed by atoms with Crippen molar-refractivity contribution < 1.29 is 9.59 Å². The molecule has 0 bridgehead atoms. The third kappa shape index (κ3) is 3.83. The summed E-state index contributed by atoms with van der Waals surface area (Å²) in [5, 5.41) is 5.41. The normalized spacial score (nSPS) is 24.9. The maximum atomic E-state index is 11.5. The molecule has 0 aromatic heterocycles. The Labute approximate surface area is 97.2 Å². The summed E-state index contributed by atoms with van der Waals surface area (Å²) < 4.78 is 0. The Morgan fingerprint density at radius 2 is 1.88 bits per heavy atom. The molecule has 4 nitrogen and oxygen atoms in total. The summed E-state index contributed by atoms with van der Waals surface area (Å²) in [6.07, 6.45) is 5.36. The first-order chi connectivity index (χ1) is 7.65. The molecular weight excluding hydrogens is 204 g/mol. The lowest BCUT2D eigenvalue weighted by Gasteiger charge is -2.29. The van der Waals surface area contributed by atoms with Gasteiger partial charge in [0.2, 0.25) is 0 Å². The molecule has 0 unspecified atom stereocenters. The van der Waals surface area contributed by atoms with Crippen molar-refractivity contribution in [2.24, 2.45) is 5.92 Å². The number of carbonyl (C=O) groups is 2. The largest absolute Gasteiger partial charge is 0.348 e. The predicted octanol–water partition coefficient (Wildman–Crippen LogP) is 1.21. The van der Waals surface area contributed by atoms with Gasteiger partial charge in [-0.05, 0) is 25.2 Å². The smallest absolute Gasteiger partial charge is 0.309 e. The third-order valence-electron chi connectivity index (χ3n) is 3.17. The first-order valence-corrected chi connectivity index (χ1v) is 6.23. The van der Waals surface area contributed by atoms with Gasteiger partial charge in [-0.3, -0.25) is 9.59 Å². The van der Waals surface area contributed by atoms with Gasteiger partial charge in [0, 0.05) is 12.6 Å². The maximum Gasteiger partial charge on any atom is 0.309 e. The summed E-state index contributed by atoms with van der Waals surface area (Å²) in [6.45, 7) is 4.65. The quantitative estimate of drug-likeness (QED) is 0.711. The molecule has 0 aromatic carbocycles. The number of amides is 2. The summed E-state index contributed by atoms with van der Waals surface area (Å²) in [7, 11) is 0. The van der Waals surface area contributed by atoms with E-state index in [0.717, 1.165) is 25.7 Å².